The largest absolute Gasteiger partial charge is 0.356 e. The first kappa shape index (κ1) is 21.7. The Bertz CT molecular complexity index is 639. The van der Waals surface area contributed by atoms with E-state index in [0.717, 1.165) is 42.2 Å². The first-order chi connectivity index (χ1) is 11.4. The molecule has 1 unspecified atom stereocenters. The number of imidazole rings is 1. The predicted octanol–water partition coefficient (Wildman–Crippen LogP) is 4.10. The molecule has 3 N–H and O–H groups in total. The summed E-state index contributed by atoms with van der Waals surface area (Å²) in [4.78, 5) is 12.3. The number of halogens is 1. The van der Waals surface area contributed by atoms with Gasteiger partial charge in [-0.25, -0.2) is 4.98 Å². The number of benzene rings is 1. The van der Waals surface area contributed by atoms with E-state index in [1.165, 1.54) is 6.42 Å². The molecule has 1 aromatic carbocycles. The van der Waals surface area contributed by atoms with Gasteiger partial charge in [0.1, 0.15) is 5.82 Å². The third-order valence-corrected chi connectivity index (χ3v) is 4.03. The van der Waals surface area contributed by atoms with Gasteiger partial charge in [-0.3, -0.25) is 4.99 Å². The molecule has 0 radical (unpaired) electrons. The fourth-order valence-electron chi connectivity index (χ4n) is 2.57. The zero-order valence-electron chi connectivity index (χ0n) is 16.0. The smallest absolute Gasteiger partial charge is 0.191 e. The van der Waals surface area contributed by atoms with E-state index >= 15 is 0 Å². The minimum absolute atomic E-state index is 0. The molecule has 1 atom stereocenters. The summed E-state index contributed by atoms with van der Waals surface area (Å²) in [7, 11) is 1.81. The van der Waals surface area contributed by atoms with E-state index in [0.29, 0.717) is 11.5 Å². The van der Waals surface area contributed by atoms with Crippen molar-refractivity contribution in [2.24, 2.45) is 10.4 Å². The van der Waals surface area contributed by atoms with Gasteiger partial charge in [-0.15, -0.1) is 24.0 Å². The maximum Gasteiger partial charge on any atom is 0.191 e. The number of hydrogen-bond donors (Lipinski definition) is 3. The highest BCUT2D eigenvalue weighted by atomic mass is 127. The number of nitrogens with one attached hydrogen (secondary N) is 3. The van der Waals surface area contributed by atoms with Crippen LogP contribution in [0.1, 0.15) is 46.4 Å². The van der Waals surface area contributed by atoms with Crippen molar-refractivity contribution in [1.29, 1.82) is 0 Å². The summed E-state index contributed by atoms with van der Waals surface area (Å²) in [6.45, 7) is 9.84. The van der Waals surface area contributed by atoms with Crippen molar-refractivity contribution in [3.8, 4) is 0 Å². The number of hydrogen-bond acceptors (Lipinski definition) is 2. The molecule has 0 saturated heterocycles. The minimum atomic E-state index is 0. The second-order valence-corrected chi connectivity index (χ2v) is 7.59. The van der Waals surface area contributed by atoms with E-state index in [-0.39, 0.29) is 24.0 Å². The lowest BCUT2D eigenvalue weighted by molar-refractivity contribution is 0.346. The number of nitrogens with zero attached hydrogens (tertiary/aromatic N) is 2. The summed E-state index contributed by atoms with van der Waals surface area (Å²) in [6.07, 6.45) is 3.16. The maximum atomic E-state index is 4.60. The second kappa shape index (κ2) is 9.99. The van der Waals surface area contributed by atoms with Crippen molar-refractivity contribution in [2.45, 2.75) is 53.0 Å². The molecule has 6 heteroatoms. The summed E-state index contributed by atoms with van der Waals surface area (Å²) in [5.74, 6) is 1.85. The number of fused-ring (bicyclic) bond motifs is 1. The molecule has 0 aliphatic rings. The average molecular weight is 457 g/mol. The maximum absolute atomic E-state index is 4.60. The Morgan fingerprint density at radius 2 is 2.00 bits per heavy atom. The van der Waals surface area contributed by atoms with Crippen molar-refractivity contribution >= 4 is 41.0 Å². The zero-order chi connectivity index (χ0) is 17.6. The van der Waals surface area contributed by atoms with Crippen molar-refractivity contribution in [1.82, 2.24) is 20.6 Å². The molecule has 0 amide bonds. The highest BCUT2D eigenvalue weighted by Crippen LogP contribution is 2.21. The van der Waals surface area contributed by atoms with Crippen LogP contribution >= 0.6 is 24.0 Å². The van der Waals surface area contributed by atoms with E-state index in [1.807, 2.05) is 25.2 Å². The summed E-state index contributed by atoms with van der Waals surface area (Å²) in [6, 6.07) is 8.52. The van der Waals surface area contributed by atoms with E-state index < -0.39 is 0 Å². The van der Waals surface area contributed by atoms with Gasteiger partial charge in [0.25, 0.3) is 0 Å². The third kappa shape index (κ3) is 7.63. The summed E-state index contributed by atoms with van der Waals surface area (Å²) < 4.78 is 0. The zero-order valence-corrected chi connectivity index (χ0v) is 18.3. The first-order valence-corrected chi connectivity index (χ1v) is 8.78. The minimum Gasteiger partial charge on any atom is -0.356 e. The Morgan fingerprint density at radius 3 is 2.64 bits per heavy atom. The summed E-state index contributed by atoms with van der Waals surface area (Å²) in [5, 5.41) is 6.83. The van der Waals surface area contributed by atoms with Gasteiger partial charge in [0.15, 0.2) is 5.96 Å². The molecule has 140 valence electrons. The Morgan fingerprint density at radius 1 is 1.28 bits per heavy atom. The average Bonchev–Trinajstić information content (AvgIpc) is 2.94. The van der Waals surface area contributed by atoms with Gasteiger partial charge in [-0.2, -0.15) is 0 Å². The van der Waals surface area contributed by atoms with E-state index in [1.54, 1.807) is 0 Å². The van der Waals surface area contributed by atoms with E-state index in [2.05, 4.69) is 59.4 Å². The van der Waals surface area contributed by atoms with Crippen LogP contribution in [0.3, 0.4) is 0 Å². The molecule has 0 aliphatic heterocycles. The van der Waals surface area contributed by atoms with Crippen LogP contribution in [0.4, 0.5) is 0 Å². The Kier molecular flexibility index (Phi) is 8.68. The Balaban J connectivity index is 0.00000312. The van der Waals surface area contributed by atoms with Crippen LogP contribution in [-0.2, 0) is 6.42 Å². The number of rotatable bonds is 6. The van der Waals surface area contributed by atoms with Crippen LogP contribution < -0.4 is 10.6 Å². The molecule has 2 rings (SSSR count). The fourth-order valence-corrected chi connectivity index (χ4v) is 2.57. The van der Waals surface area contributed by atoms with E-state index in [4.69, 9.17) is 0 Å². The van der Waals surface area contributed by atoms with Gasteiger partial charge in [0.05, 0.1) is 11.0 Å². The highest BCUT2D eigenvalue weighted by Gasteiger charge is 2.13. The second-order valence-electron chi connectivity index (χ2n) is 7.59. The Hall–Kier alpha value is -1.31. The molecule has 0 saturated carbocycles. The van der Waals surface area contributed by atoms with Crippen LogP contribution in [0.25, 0.3) is 11.0 Å². The fraction of sp³-hybridized carbons (Fsp3) is 0.579. The SMILES string of the molecule is CN=C(NCCc1nc2ccccc2[nH]1)NC(C)CCC(C)(C)C.I. The number of para-hydroxylation sites is 2. The lowest BCUT2D eigenvalue weighted by Crippen LogP contribution is -2.43. The molecule has 0 aliphatic carbocycles. The van der Waals surface area contributed by atoms with E-state index in [9.17, 15) is 0 Å². The number of aliphatic imine (C=N–C) groups is 1. The number of aromatic amines is 1. The van der Waals surface area contributed by atoms with Crippen LogP contribution in [0.15, 0.2) is 29.3 Å². The molecule has 0 fully saturated rings. The van der Waals surface area contributed by atoms with Crippen LogP contribution in [-0.4, -0.2) is 35.6 Å². The molecular formula is C19H32IN5. The molecule has 0 spiro atoms. The molecular weight excluding hydrogens is 425 g/mol. The first-order valence-electron chi connectivity index (χ1n) is 8.78. The van der Waals surface area contributed by atoms with Gasteiger partial charge < -0.3 is 15.6 Å². The Labute approximate surface area is 168 Å². The lowest BCUT2D eigenvalue weighted by Gasteiger charge is -2.23. The molecule has 5 nitrogen and oxygen atoms in total. The third-order valence-electron chi connectivity index (χ3n) is 4.03. The molecule has 25 heavy (non-hydrogen) atoms. The van der Waals surface area contributed by atoms with Gasteiger partial charge in [-0.1, -0.05) is 32.9 Å². The quantitative estimate of drug-likeness (QED) is 0.348. The monoisotopic (exact) mass is 457 g/mol. The van der Waals surface area contributed by atoms with Gasteiger partial charge in [-0.05, 0) is 37.3 Å². The molecule has 1 heterocycles. The van der Waals surface area contributed by atoms with Crippen molar-refractivity contribution in [3.05, 3.63) is 30.1 Å². The van der Waals surface area contributed by atoms with Crippen molar-refractivity contribution in [2.75, 3.05) is 13.6 Å². The molecule has 0 bridgehead atoms. The van der Waals surface area contributed by atoms with Crippen LogP contribution in [0, 0.1) is 5.41 Å². The topological polar surface area (TPSA) is 65.1 Å². The predicted molar refractivity (Wildman–Crippen MR) is 118 cm³/mol. The number of H-pyrrole nitrogens is 1. The number of guanidine groups is 1. The summed E-state index contributed by atoms with van der Waals surface area (Å²) >= 11 is 0. The molecule has 2 aromatic rings. The van der Waals surface area contributed by atoms with Crippen LogP contribution in [0.2, 0.25) is 0 Å². The van der Waals surface area contributed by atoms with Gasteiger partial charge in [0.2, 0.25) is 0 Å². The summed E-state index contributed by atoms with van der Waals surface area (Å²) in [5.41, 5.74) is 2.48. The highest BCUT2D eigenvalue weighted by molar-refractivity contribution is 14.0. The van der Waals surface area contributed by atoms with Crippen LogP contribution in [0.5, 0.6) is 0 Å². The normalized spacial score (nSPS) is 13.4. The van der Waals surface area contributed by atoms with Crippen molar-refractivity contribution < 1.29 is 0 Å². The van der Waals surface area contributed by atoms with Gasteiger partial charge >= 0.3 is 0 Å². The number of aromatic nitrogens is 2. The van der Waals surface area contributed by atoms with Gasteiger partial charge in [0, 0.05) is 26.1 Å². The molecule has 1 aromatic heterocycles. The lowest BCUT2D eigenvalue weighted by atomic mass is 9.89. The standard InChI is InChI=1S/C19H31N5.HI/c1-14(10-12-19(2,3)4)22-18(20-5)21-13-11-17-23-15-8-6-7-9-16(15)24-17;/h6-9,14H,10-13H2,1-5H3,(H,23,24)(H2,20,21,22);1H. The van der Waals surface area contributed by atoms with Crippen molar-refractivity contribution in [3.63, 3.8) is 0 Å².